The molecule has 1 unspecified atom stereocenters. The minimum atomic E-state index is -4.39. The lowest BCUT2D eigenvalue weighted by Gasteiger charge is -2.23. The molecular weight excluding hydrogens is 297 g/mol. The van der Waals surface area contributed by atoms with Gasteiger partial charge in [-0.1, -0.05) is 26.1 Å². The molecule has 1 aliphatic rings. The second-order valence-electron chi connectivity index (χ2n) is 5.83. The van der Waals surface area contributed by atoms with E-state index in [9.17, 15) is 13.2 Å². The molecule has 1 saturated heterocycles. The van der Waals surface area contributed by atoms with E-state index in [1.54, 1.807) is 0 Å². The Morgan fingerprint density at radius 2 is 2.05 bits per heavy atom. The Kier molecular flexibility index (Phi) is 4.46. The Hall–Kier alpha value is -1.30. The average Bonchev–Trinajstić information content (AvgIpc) is 2.86. The van der Waals surface area contributed by atoms with Crippen molar-refractivity contribution in [1.82, 2.24) is 0 Å². The number of hydrogen-bond acceptors (Lipinski definition) is 2. The van der Waals surface area contributed by atoms with Crippen LogP contribution in [0.15, 0.2) is 18.2 Å². The molecule has 0 saturated carbocycles. The van der Waals surface area contributed by atoms with Crippen LogP contribution in [0.1, 0.15) is 31.4 Å². The molecule has 0 aromatic heterocycles. The highest BCUT2D eigenvalue weighted by molar-refractivity contribution is 7.80. The molecule has 1 heterocycles. The average molecular weight is 316 g/mol. The van der Waals surface area contributed by atoms with Crippen LogP contribution in [0.4, 0.5) is 18.9 Å². The molecule has 2 nitrogen and oxygen atoms in total. The fourth-order valence-electron chi connectivity index (χ4n) is 2.74. The smallest absolute Gasteiger partial charge is 0.389 e. The maximum absolute atomic E-state index is 12.8. The second-order valence-corrected chi connectivity index (χ2v) is 6.27. The lowest BCUT2D eigenvalue weighted by molar-refractivity contribution is -0.137. The molecule has 2 N–H and O–H groups in total. The third-order valence-electron chi connectivity index (χ3n) is 4.10. The Morgan fingerprint density at radius 3 is 2.52 bits per heavy atom. The molecular formula is C15H19F3N2S. The van der Waals surface area contributed by atoms with E-state index in [0.29, 0.717) is 23.1 Å². The van der Waals surface area contributed by atoms with Crippen LogP contribution in [0.2, 0.25) is 0 Å². The summed E-state index contributed by atoms with van der Waals surface area (Å²) in [6, 6.07) is 3.64. The molecule has 6 heteroatoms. The summed E-state index contributed by atoms with van der Waals surface area (Å²) in [5, 5.41) is 0. The summed E-state index contributed by atoms with van der Waals surface area (Å²) in [4.78, 5) is 2.09. The van der Waals surface area contributed by atoms with Gasteiger partial charge in [0, 0.05) is 24.3 Å². The molecule has 2 rings (SSSR count). The van der Waals surface area contributed by atoms with Crippen molar-refractivity contribution in [3.8, 4) is 0 Å². The molecule has 0 spiro atoms. The Labute approximate surface area is 128 Å². The monoisotopic (exact) mass is 316 g/mol. The number of anilines is 1. The zero-order valence-electron chi connectivity index (χ0n) is 12.1. The number of alkyl halides is 3. The number of rotatable bonds is 3. The Morgan fingerprint density at radius 1 is 1.38 bits per heavy atom. The van der Waals surface area contributed by atoms with E-state index in [2.05, 4.69) is 18.7 Å². The minimum Gasteiger partial charge on any atom is -0.389 e. The molecule has 1 fully saturated rings. The first-order valence-corrected chi connectivity index (χ1v) is 7.37. The van der Waals surface area contributed by atoms with Crippen molar-refractivity contribution < 1.29 is 13.2 Å². The summed E-state index contributed by atoms with van der Waals surface area (Å²) in [5.74, 6) is 1.10. The number of thiocarbonyl (C=S) groups is 1. The van der Waals surface area contributed by atoms with Gasteiger partial charge in [0.05, 0.1) is 5.56 Å². The minimum absolute atomic E-state index is 0.00379. The summed E-state index contributed by atoms with van der Waals surface area (Å²) in [7, 11) is 0. The van der Waals surface area contributed by atoms with Crippen LogP contribution in [-0.4, -0.2) is 18.1 Å². The van der Waals surface area contributed by atoms with E-state index < -0.39 is 11.7 Å². The van der Waals surface area contributed by atoms with Crippen LogP contribution < -0.4 is 10.6 Å². The Bertz CT molecular complexity index is 540. The highest BCUT2D eigenvalue weighted by Gasteiger charge is 2.33. The first kappa shape index (κ1) is 16.1. The normalized spacial score (nSPS) is 19.3. The van der Waals surface area contributed by atoms with Crippen molar-refractivity contribution >= 4 is 22.9 Å². The molecule has 1 atom stereocenters. The predicted molar refractivity (Wildman–Crippen MR) is 82.5 cm³/mol. The number of nitrogens with zero attached hydrogens (tertiary/aromatic N) is 1. The molecule has 0 aliphatic carbocycles. The van der Waals surface area contributed by atoms with Gasteiger partial charge in [0.25, 0.3) is 0 Å². The topological polar surface area (TPSA) is 29.3 Å². The van der Waals surface area contributed by atoms with Gasteiger partial charge in [-0.15, -0.1) is 0 Å². The number of nitrogens with two attached hydrogens (primary N) is 1. The van der Waals surface area contributed by atoms with E-state index in [-0.39, 0.29) is 4.99 Å². The summed E-state index contributed by atoms with van der Waals surface area (Å²) in [6.07, 6.45) is -3.35. The highest BCUT2D eigenvalue weighted by Crippen LogP contribution is 2.35. The van der Waals surface area contributed by atoms with Gasteiger partial charge in [0.1, 0.15) is 4.99 Å². The third kappa shape index (κ3) is 3.48. The standard InChI is InChI=1S/C15H19F3N2S/c1-9(2)10-5-6-20(8-10)13-4-3-11(15(16,17)18)7-12(13)14(19)21/h3-4,7,9-10H,5-6,8H2,1-2H3,(H2,19,21). The van der Waals surface area contributed by atoms with Crippen molar-refractivity contribution in [3.63, 3.8) is 0 Å². The molecule has 0 bridgehead atoms. The van der Waals surface area contributed by atoms with Crippen molar-refractivity contribution in [1.29, 1.82) is 0 Å². The molecule has 1 aromatic rings. The van der Waals surface area contributed by atoms with E-state index in [1.807, 2.05) is 0 Å². The number of benzene rings is 1. The van der Waals surface area contributed by atoms with E-state index in [4.69, 9.17) is 18.0 Å². The molecule has 116 valence electrons. The summed E-state index contributed by atoms with van der Waals surface area (Å²) in [5.41, 5.74) is 5.93. The van der Waals surface area contributed by atoms with Crippen LogP contribution in [0, 0.1) is 11.8 Å². The first-order chi connectivity index (χ1) is 9.70. The second kappa shape index (κ2) is 5.83. The quantitative estimate of drug-likeness (QED) is 0.860. The molecule has 0 radical (unpaired) electrons. The van der Waals surface area contributed by atoms with Gasteiger partial charge in [-0.25, -0.2) is 0 Å². The summed E-state index contributed by atoms with van der Waals surface area (Å²) < 4.78 is 38.4. The lowest BCUT2D eigenvalue weighted by Crippen LogP contribution is -2.25. The van der Waals surface area contributed by atoms with Gasteiger partial charge in [0.2, 0.25) is 0 Å². The fraction of sp³-hybridized carbons (Fsp3) is 0.533. The van der Waals surface area contributed by atoms with E-state index >= 15 is 0 Å². The SMILES string of the molecule is CC(C)C1CCN(c2ccc(C(F)(F)F)cc2C(N)=S)C1. The largest absolute Gasteiger partial charge is 0.416 e. The van der Waals surface area contributed by atoms with Gasteiger partial charge in [-0.2, -0.15) is 13.2 Å². The van der Waals surface area contributed by atoms with Crippen molar-refractivity contribution in [3.05, 3.63) is 29.3 Å². The third-order valence-corrected chi connectivity index (χ3v) is 4.32. The predicted octanol–water partition coefficient (Wildman–Crippen LogP) is 3.82. The fourth-order valence-corrected chi connectivity index (χ4v) is 2.90. The van der Waals surface area contributed by atoms with Crippen LogP contribution in [0.3, 0.4) is 0 Å². The van der Waals surface area contributed by atoms with Crippen LogP contribution in [-0.2, 0) is 6.18 Å². The van der Waals surface area contributed by atoms with Crippen LogP contribution in [0.5, 0.6) is 0 Å². The van der Waals surface area contributed by atoms with Gasteiger partial charge >= 0.3 is 6.18 Å². The molecule has 1 aromatic carbocycles. The van der Waals surface area contributed by atoms with Crippen LogP contribution in [0.25, 0.3) is 0 Å². The zero-order chi connectivity index (χ0) is 15.8. The van der Waals surface area contributed by atoms with E-state index in [0.717, 1.165) is 31.6 Å². The number of hydrogen-bond donors (Lipinski definition) is 1. The van der Waals surface area contributed by atoms with Crippen LogP contribution >= 0.6 is 12.2 Å². The maximum atomic E-state index is 12.8. The summed E-state index contributed by atoms with van der Waals surface area (Å²) >= 11 is 4.93. The van der Waals surface area contributed by atoms with Gasteiger partial charge in [-0.05, 0) is 36.5 Å². The first-order valence-electron chi connectivity index (χ1n) is 6.96. The summed E-state index contributed by atoms with van der Waals surface area (Å²) in [6.45, 7) is 5.98. The van der Waals surface area contributed by atoms with Crippen molar-refractivity contribution in [2.45, 2.75) is 26.4 Å². The molecule has 1 aliphatic heterocycles. The molecule has 0 amide bonds. The Balaban J connectivity index is 2.34. The van der Waals surface area contributed by atoms with E-state index in [1.165, 1.54) is 6.07 Å². The maximum Gasteiger partial charge on any atom is 0.416 e. The lowest BCUT2D eigenvalue weighted by atomic mass is 9.95. The zero-order valence-corrected chi connectivity index (χ0v) is 12.9. The number of halogens is 3. The van der Waals surface area contributed by atoms with Gasteiger partial charge < -0.3 is 10.6 Å². The molecule has 21 heavy (non-hydrogen) atoms. The van der Waals surface area contributed by atoms with Gasteiger partial charge in [0.15, 0.2) is 0 Å². The van der Waals surface area contributed by atoms with Gasteiger partial charge in [-0.3, -0.25) is 0 Å². The van der Waals surface area contributed by atoms with Crippen molar-refractivity contribution in [2.24, 2.45) is 17.6 Å². The van der Waals surface area contributed by atoms with Crippen molar-refractivity contribution in [2.75, 3.05) is 18.0 Å². The highest BCUT2D eigenvalue weighted by atomic mass is 32.1.